The highest BCUT2D eigenvalue weighted by atomic mass is 16.1. The van der Waals surface area contributed by atoms with Crippen LogP contribution in [0.25, 0.3) is 0 Å². The van der Waals surface area contributed by atoms with Gasteiger partial charge in [-0.3, -0.25) is 4.79 Å². The van der Waals surface area contributed by atoms with Crippen molar-refractivity contribution in [1.82, 2.24) is 4.98 Å². The summed E-state index contributed by atoms with van der Waals surface area (Å²) in [5.41, 5.74) is 2.46. The first-order valence-electron chi connectivity index (χ1n) is 7.92. The van der Waals surface area contributed by atoms with E-state index in [4.69, 9.17) is 0 Å². The minimum atomic E-state index is 0.0447. The molecule has 0 amide bonds. The molecule has 0 fully saturated rings. The van der Waals surface area contributed by atoms with E-state index in [2.05, 4.69) is 11.9 Å². The largest absolute Gasteiger partial charge is 0.358 e. The maximum atomic E-state index is 12.8. The fraction of sp³-hybridized carbons (Fsp3) is 0.250. The average Bonchev–Trinajstić information content (AvgIpc) is 2.67. The van der Waals surface area contributed by atoms with E-state index in [1.54, 1.807) is 0 Å². The van der Waals surface area contributed by atoms with Crippen molar-refractivity contribution in [2.45, 2.75) is 32.6 Å². The summed E-state index contributed by atoms with van der Waals surface area (Å²) in [6.07, 6.45) is 6.17. The highest BCUT2D eigenvalue weighted by Crippen LogP contribution is 2.14. The monoisotopic (exact) mass is 293 g/mol. The highest BCUT2D eigenvalue weighted by molar-refractivity contribution is 6.08. The van der Waals surface area contributed by atoms with Crippen LogP contribution in [0.15, 0.2) is 66.9 Å². The molecule has 2 rings (SSSR count). The first-order valence-corrected chi connectivity index (χ1v) is 7.92. The summed E-state index contributed by atoms with van der Waals surface area (Å²) in [6.45, 7) is 2.19. The zero-order valence-corrected chi connectivity index (χ0v) is 13.1. The number of carbonyl (C=O) groups is 1. The normalized spacial score (nSPS) is 10.0. The Morgan fingerprint density at radius 1 is 0.909 bits per heavy atom. The number of carbonyl (C=O) groups excluding carboxylic acids is 1. The van der Waals surface area contributed by atoms with Gasteiger partial charge < -0.3 is 4.98 Å². The number of hydrogen-bond donors (Lipinski definition) is 1. The Morgan fingerprint density at radius 3 is 2.36 bits per heavy atom. The molecular formula is C20H23NO. The van der Waals surface area contributed by atoms with Gasteiger partial charge >= 0.3 is 0 Å². The second-order valence-corrected chi connectivity index (χ2v) is 5.30. The molecule has 1 N–H and O–H groups in total. The number of aromatic amines is 1. The fourth-order valence-electron chi connectivity index (χ4n) is 2.38. The van der Waals surface area contributed by atoms with Gasteiger partial charge in [0.25, 0.3) is 0 Å². The number of aromatic nitrogens is 1. The van der Waals surface area contributed by atoms with Crippen molar-refractivity contribution in [1.29, 1.82) is 0 Å². The van der Waals surface area contributed by atoms with Crippen LogP contribution in [0.4, 0.5) is 0 Å². The Hall–Kier alpha value is -2.35. The first kappa shape index (κ1) is 16.0. The summed E-state index contributed by atoms with van der Waals surface area (Å²) in [5, 5.41) is 0. The zero-order chi connectivity index (χ0) is 15.6. The average molecular weight is 293 g/mol. The first-order chi connectivity index (χ1) is 10.8. The third-order valence-electron chi connectivity index (χ3n) is 3.59. The van der Waals surface area contributed by atoms with Gasteiger partial charge in [0.2, 0.25) is 5.78 Å². The van der Waals surface area contributed by atoms with Gasteiger partial charge in [-0.1, -0.05) is 74.4 Å². The summed E-state index contributed by atoms with van der Waals surface area (Å²) >= 11 is 0. The molecule has 0 aliphatic carbocycles. The van der Waals surface area contributed by atoms with E-state index in [1.807, 2.05) is 66.9 Å². The SMILES string of the molecule is CCCCCc1cccccc[nH]c1C(=O)c1ccccc1. The standard InChI is InChI=1S/C20H23NO/c1-2-3-7-12-17-13-8-4-5-11-16-21-19(17)20(22)18-14-9-6-10-15-18/h4-6,8-11,13-16,21H,2-3,7,12H2,1H3. The van der Waals surface area contributed by atoms with E-state index in [0.29, 0.717) is 11.3 Å². The minimum Gasteiger partial charge on any atom is -0.358 e. The van der Waals surface area contributed by atoms with Crippen LogP contribution >= 0.6 is 0 Å². The molecule has 0 spiro atoms. The van der Waals surface area contributed by atoms with Crippen molar-refractivity contribution in [3.05, 3.63) is 83.7 Å². The maximum absolute atomic E-state index is 12.8. The Bertz CT molecular complexity index is 642. The van der Waals surface area contributed by atoms with E-state index >= 15 is 0 Å². The molecule has 114 valence electrons. The van der Waals surface area contributed by atoms with Crippen LogP contribution < -0.4 is 0 Å². The quantitative estimate of drug-likeness (QED) is 0.583. The van der Waals surface area contributed by atoms with Gasteiger partial charge in [-0.05, 0) is 24.5 Å². The molecule has 0 aliphatic rings. The van der Waals surface area contributed by atoms with Crippen LogP contribution in [0.1, 0.15) is 47.8 Å². The molecule has 0 saturated heterocycles. The lowest BCUT2D eigenvalue weighted by Crippen LogP contribution is -2.07. The molecule has 0 bridgehead atoms. The zero-order valence-electron chi connectivity index (χ0n) is 13.1. The third kappa shape index (κ3) is 4.59. The van der Waals surface area contributed by atoms with E-state index in [-0.39, 0.29) is 5.78 Å². The summed E-state index contributed by atoms with van der Waals surface area (Å²) in [6, 6.07) is 19.3. The summed E-state index contributed by atoms with van der Waals surface area (Å²) in [7, 11) is 0. The van der Waals surface area contributed by atoms with Gasteiger partial charge in [0, 0.05) is 11.8 Å². The molecule has 0 radical (unpaired) electrons. The van der Waals surface area contributed by atoms with Crippen molar-refractivity contribution < 1.29 is 4.79 Å². The van der Waals surface area contributed by atoms with Crippen molar-refractivity contribution in [2.75, 3.05) is 0 Å². The number of rotatable bonds is 6. The molecule has 1 aromatic carbocycles. The lowest BCUT2D eigenvalue weighted by molar-refractivity contribution is 0.103. The van der Waals surface area contributed by atoms with Crippen molar-refractivity contribution >= 4 is 5.78 Å². The van der Waals surface area contributed by atoms with Crippen molar-refractivity contribution in [2.24, 2.45) is 0 Å². The summed E-state index contributed by atoms with van der Waals surface area (Å²) in [4.78, 5) is 16.0. The number of nitrogens with one attached hydrogen (secondary N) is 1. The minimum absolute atomic E-state index is 0.0447. The predicted octanol–water partition coefficient (Wildman–Crippen LogP) is 5.10. The van der Waals surface area contributed by atoms with Crippen LogP contribution in [0, 0.1) is 0 Å². The Labute approximate surface area is 132 Å². The molecule has 22 heavy (non-hydrogen) atoms. The van der Waals surface area contributed by atoms with Gasteiger partial charge in [-0.15, -0.1) is 0 Å². The van der Waals surface area contributed by atoms with Crippen LogP contribution in [0.2, 0.25) is 0 Å². The van der Waals surface area contributed by atoms with Gasteiger partial charge in [0.05, 0.1) is 5.69 Å². The molecule has 1 heterocycles. The van der Waals surface area contributed by atoms with Crippen LogP contribution in [-0.4, -0.2) is 10.8 Å². The molecule has 2 nitrogen and oxygen atoms in total. The second-order valence-electron chi connectivity index (χ2n) is 5.30. The highest BCUT2D eigenvalue weighted by Gasteiger charge is 2.12. The Kier molecular flexibility index (Phi) is 6.43. The number of unbranched alkanes of at least 4 members (excludes halogenated alkanes) is 2. The summed E-state index contributed by atoms with van der Waals surface area (Å²) in [5.74, 6) is 0.0447. The maximum Gasteiger partial charge on any atom is 0.209 e. The van der Waals surface area contributed by atoms with Gasteiger partial charge in [-0.2, -0.15) is 0 Å². The topological polar surface area (TPSA) is 32.9 Å². The van der Waals surface area contributed by atoms with E-state index in [9.17, 15) is 4.79 Å². The van der Waals surface area contributed by atoms with E-state index < -0.39 is 0 Å². The molecule has 0 aliphatic heterocycles. The number of aryl methyl sites for hydroxylation is 1. The van der Waals surface area contributed by atoms with Gasteiger partial charge in [-0.25, -0.2) is 0 Å². The van der Waals surface area contributed by atoms with E-state index in [0.717, 1.165) is 18.4 Å². The number of benzene rings is 1. The lowest BCUT2D eigenvalue weighted by Gasteiger charge is -2.06. The molecular weight excluding hydrogens is 270 g/mol. The number of H-pyrrole nitrogens is 1. The molecule has 2 heteroatoms. The number of ketones is 1. The van der Waals surface area contributed by atoms with Crippen LogP contribution in [0.5, 0.6) is 0 Å². The van der Waals surface area contributed by atoms with Crippen LogP contribution in [-0.2, 0) is 6.42 Å². The smallest absolute Gasteiger partial charge is 0.209 e. The number of hydrogen-bond acceptors (Lipinski definition) is 1. The molecule has 0 unspecified atom stereocenters. The second kappa shape index (κ2) is 8.83. The fourth-order valence-corrected chi connectivity index (χ4v) is 2.38. The molecule has 2 aromatic rings. The predicted molar refractivity (Wildman–Crippen MR) is 91.5 cm³/mol. The molecule has 0 atom stereocenters. The Morgan fingerprint density at radius 2 is 1.59 bits per heavy atom. The van der Waals surface area contributed by atoms with Crippen LogP contribution in [0.3, 0.4) is 0 Å². The van der Waals surface area contributed by atoms with Crippen molar-refractivity contribution in [3.63, 3.8) is 0 Å². The molecule has 0 saturated carbocycles. The van der Waals surface area contributed by atoms with Crippen molar-refractivity contribution in [3.8, 4) is 0 Å². The third-order valence-corrected chi connectivity index (χ3v) is 3.59. The van der Waals surface area contributed by atoms with E-state index in [1.165, 1.54) is 12.8 Å². The Balaban J connectivity index is 2.43. The summed E-state index contributed by atoms with van der Waals surface area (Å²) < 4.78 is 0. The lowest BCUT2D eigenvalue weighted by atomic mass is 10.0. The van der Waals surface area contributed by atoms with Gasteiger partial charge in [0.1, 0.15) is 0 Å². The molecule has 1 aromatic heterocycles. The van der Waals surface area contributed by atoms with Gasteiger partial charge in [0.15, 0.2) is 0 Å².